The van der Waals surface area contributed by atoms with E-state index in [1.807, 2.05) is 23.9 Å². The van der Waals surface area contributed by atoms with Crippen LogP contribution in [0.25, 0.3) is 0 Å². The molecule has 0 spiro atoms. The van der Waals surface area contributed by atoms with Crippen LogP contribution in [0.5, 0.6) is 0 Å². The molecule has 1 aliphatic carbocycles. The van der Waals surface area contributed by atoms with Crippen molar-refractivity contribution in [1.82, 2.24) is 15.1 Å². The molecular weight excluding hydrogens is 202 g/mol. The van der Waals surface area contributed by atoms with Crippen molar-refractivity contribution in [2.24, 2.45) is 5.92 Å². The van der Waals surface area contributed by atoms with Crippen molar-refractivity contribution in [3.8, 4) is 0 Å². The second-order valence-electron chi connectivity index (χ2n) is 4.62. The van der Waals surface area contributed by atoms with Gasteiger partial charge in [0, 0.05) is 24.4 Å². The Kier molecular flexibility index (Phi) is 3.59. The number of hydrogen-bond acceptors (Lipinski definition) is 2. The lowest BCUT2D eigenvalue weighted by Crippen LogP contribution is -2.38. The Bertz CT molecular complexity index is 328. The van der Waals surface area contributed by atoms with Gasteiger partial charge in [0.15, 0.2) is 0 Å². The Morgan fingerprint density at radius 2 is 2.31 bits per heavy atom. The van der Waals surface area contributed by atoms with E-state index in [0.717, 1.165) is 19.4 Å². The van der Waals surface area contributed by atoms with E-state index >= 15 is 0 Å². The van der Waals surface area contributed by atoms with Gasteiger partial charge in [-0.3, -0.25) is 9.48 Å². The van der Waals surface area contributed by atoms with Gasteiger partial charge in [-0.25, -0.2) is 0 Å². The van der Waals surface area contributed by atoms with Crippen molar-refractivity contribution in [1.29, 1.82) is 0 Å². The summed E-state index contributed by atoms with van der Waals surface area (Å²) in [6.45, 7) is 2.76. The highest BCUT2D eigenvalue weighted by Crippen LogP contribution is 2.24. The maximum atomic E-state index is 11.8. The van der Waals surface area contributed by atoms with Crippen LogP contribution >= 0.6 is 0 Å². The molecule has 0 aliphatic heterocycles. The second-order valence-corrected chi connectivity index (χ2v) is 4.62. The van der Waals surface area contributed by atoms with Crippen LogP contribution in [-0.4, -0.2) is 21.7 Å². The zero-order chi connectivity index (χ0) is 11.4. The van der Waals surface area contributed by atoms with Gasteiger partial charge in [0.05, 0.1) is 6.54 Å². The van der Waals surface area contributed by atoms with Crippen LogP contribution in [0.4, 0.5) is 0 Å². The number of nitrogens with zero attached hydrogens (tertiary/aromatic N) is 2. The topological polar surface area (TPSA) is 46.9 Å². The molecule has 4 heteroatoms. The molecule has 0 unspecified atom stereocenters. The Labute approximate surface area is 96.0 Å². The molecule has 1 N–H and O–H groups in total. The quantitative estimate of drug-likeness (QED) is 0.839. The standard InChI is InChI=1S/C12H19N3O/c1-10(9-15-8-4-7-13-15)14-12(16)11-5-2-3-6-11/h4,7-8,10-11H,2-3,5-6,9H2,1H3,(H,14,16)/t10-/m0/s1. The molecule has 1 heterocycles. The number of amides is 1. The predicted octanol–water partition coefficient (Wildman–Crippen LogP) is 1.58. The Morgan fingerprint density at radius 1 is 1.56 bits per heavy atom. The number of hydrogen-bond donors (Lipinski definition) is 1. The van der Waals surface area contributed by atoms with Gasteiger partial charge in [-0.2, -0.15) is 5.10 Å². The van der Waals surface area contributed by atoms with Crippen molar-refractivity contribution in [3.05, 3.63) is 18.5 Å². The molecule has 16 heavy (non-hydrogen) atoms. The number of rotatable bonds is 4. The minimum atomic E-state index is 0.146. The Balaban J connectivity index is 1.78. The second kappa shape index (κ2) is 5.14. The third kappa shape index (κ3) is 2.84. The molecule has 2 rings (SSSR count). The third-order valence-electron chi connectivity index (χ3n) is 3.13. The molecule has 88 valence electrons. The number of nitrogens with one attached hydrogen (secondary N) is 1. The van der Waals surface area contributed by atoms with Crippen LogP contribution in [-0.2, 0) is 11.3 Å². The van der Waals surface area contributed by atoms with E-state index < -0.39 is 0 Å². The average Bonchev–Trinajstić information content (AvgIpc) is 2.88. The van der Waals surface area contributed by atoms with Gasteiger partial charge in [-0.05, 0) is 25.8 Å². The summed E-state index contributed by atoms with van der Waals surface area (Å²) in [7, 11) is 0. The molecule has 0 bridgehead atoms. The van der Waals surface area contributed by atoms with Gasteiger partial charge in [0.2, 0.25) is 5.91 Å². The molecule has 1 aromatic heterocycles. The van der Waals surface area contributed by atoms with Crippen molar-refractivity contribution >= 4 is 5.91 Å². The van der Waals surface area contributed by atoms with Crippen molar-refractivity contribution < 1.29 is 4.79 Å². The fourth-order valence-corrected chi connectivity index (χ4v) is 2.28. The highest BCUT2D eigenvalue weighted by molar-refractivity contribution is 5.79. The van der Waals surface area contributed by atoms with Crippen molar-refractivity contribution in [2.75, 3.05) is 0 Å². The van der Waals surface area contributed by atoms with E-state index in [9.17, 15) is 4.79 Å². The first-order valence-corrected chi connectivity index (χ1v) is 6.03. The first-order valence-electron chi connectivity index (χ1n) is 6.03. The SMILES string of the molecule is C[C@@H](Cn1cccn1)NC(=O)C1CCCC1. The Hall–Kier alpha value is -1.32. The highest BCUT2D eigenvalue weighted by atomic mass is 16.1. The van der Waals surface area contributed by atoms with Crippen LogP contribution in [0.2, 0.25) is 0 Å². The zero-order valence-electron chi connectivity index (χ0n) is 9.72. The molecule has 1 atom stereocenters. The minimum absolute atomic E-state index is 0.146. The highest BCUT2D eigenvalue weighted by Gasteiger charge is 2.23. The van der Waals surface area contributed by atoms with E-state index in [4.69, 9.17) is 0 Å². The number of carbonyl (C=O) groups is 1. The molecule has 1 amide bonds. The summed E-state index contributed by atoms with van der Waals surface area (Å²) < 4.78 is 1.85. The summed E-state index contributed by atoms with van der Waals surface area (Å²) >= 11 is 0. The molecule has 1 saturated carbocycles. The van der Waals surface area contributed by atoms with E-state index in [1.165, 1.54) is 12.8 Å². The fourth-order valence-electron chi connectivity index (χ4n) is 2.28. The third-order valence-corrected chi connectivity index (χ3v) is 3.13. The first-order chi connectivity index (χ1) is 7.75. The lowest BCUT2D eigenvalue weighted by atomic mass is 10.1. The maximum absolute atomic E-state index is 11.8. The monoisotopic (exact) mass is 221 g/mol. The first kappa shape index (κ1) is 11.2. The van der Waals surface area contributed by atoms with Crippen molar-refractivity contribution in [3.63, 3.8) is 0 Å². The molecule has 1 fully saturated rings. The summed E-state index contributed by atoms with van der Waals surface area (Å²) in [5.41, 5.74) is 0. The number of aromatic nitrogens is 2. The van der Waals surface area contributed by atoms with Crippen molar-refractivity contribution in [2.45, 2.75) is 45.2 Å². The van der Waals surface area contributed by atoms with Gasteiger partial charge in [-0.1, -0.05) is 12.8 Å². The summed E-state index contributed by atoms with van der Waals surface area (Å²) in [5, 5.41) is 7.19. The molecule has 1 aromatic rings. The zero-order valence-corrected chi connectivity index (χ0v) is 9.72. The summed E-state index contributed by atoms with van der Waals surface area (Å²) in [5.74, 6) is 0.470. The molecule has 1 aliphatic rings. The normalized spacial score (nSPS) is 18.6. The van der Waals surface area contributed by atoms with Gasteiger partial charge >= 0.3 is 0 Å². The van der Waals surface area contributed by atoms with Gasteiger partial charge in [0.1, 0.15) is 0 Å². The molecular formula is C12H19N3O. The lowest BCUT2D eigenvalue weighted by Gasteiger charge is -2.16. The summed E-state index contributed by atoms with van der Waals surface area (Å²) in [4.78, 5) is 11.8. The van der Waals surface area contributed by atoms with Crippen LogP contribution in [0.15, 0.2) is 18.5 Å². The molecule has 0 saturated heterocycles. The summed E-state index contributed by atoms with van der Waals surface area (Å²) in [6.07, 6.45) is 8.18. The van der Waals surface area contributed by atoms with E-state index in [-0.39, 0.29) is 17.9 Å². The van der Waals surface area contributed by atoms with Crippen LogP contribution in [0.3, 0.4) is 0 Å². The smallest absolute Gasteiger partial charge is 0.223 e. The van der Waals surface area contributed by atoms with E-state index in [0.29, 0.717) is 0 Å². The summed E-state index contributed by atoms with van der Waals surface area (Å²) in [6, 6.07) is 2.04. The van der Waals surface area contributed by atoms with Gasteiger partial charge < -0.3 is 5.32 Å². The minimum Gasteiger partial charge on any atom is -0.352 e. The van der Waals surface area contributed by atoms with Crippen LogP contribution in [0.1, 0.15) is 32.6 Å². The predicted molar refractivity (Wildman–Crippen MR) is 61.8 cm³/mol. The molecule has 0 aromatic carbocycles. The fraction of sp³-hybridized carbons (Fsp3) is 0.667. The van der Waals surface area contributed by atoms with Crippen LogP contribution < -0.4 is 5.32 Å². The van der Waals surface area contributed by atoms with E-state index in [2.05, 4.69) is 10.4 Å². The average molecular weight is 221 g/mol. The van der Waals surface area contributed by atoms with Gasteiger partial charge in [-0.15, -0.1) is 0 Å². The largest absolute Gasteiger partial charge is 0.352 e. The number of carbonyl (C=O) groups excluding carboxylic acids is 1. The maximum Gasteiger partial charge on any atom is 0.223 e. The molecule has 0 radical (unpaired) electrons. The Morgan fingerprint density at radius 3 is 2.94 bits per heavy atom. The van der Waals surface area contributed by atoms with E-state index in [1.54, 1.807) is 6.20 Å². The lowest BCUT2D eigenvalue weighted by molar-refractivity contribution is -0.125. The molecule has 4 nitrogen and oxygen atoms in total. The van der Waals surface area contributed by atoms with Crippen LogP contribution in [0, 0.1) is 5.92 Å². The van der Waals surface area contributed by atoms with Gasteiger partial charge in [0.25, 0.3) is 0 Å².